The molecule has 3 heteroatoms. The van der Waals surface area contributed by atoms with Gasteiger partial charge in [0.25, 0.3) is 0 Å². The Morgan fingerprint density at radius 1 is 0.952 bits per heavy atom. The first-order valence-corrected chi connectivity index (χ1v) is 8.13. The highest BCUT2D eigenvalue weighted by molar-refractivity contribution is 5.32. The first-order chi connectivity index (χ1) is 10.4. The van der Waals surface area contributed by atoms with Crippen LogP contribution in [-0.4, -0.2) is 14.9 Å². The van der Waals surface area contributed by atoms with E-state index in [0.717, 1.165) is 24.2 Å². The predicted octanol–water partition coefficient (Wildman–Crippen LogP) is 4.27. The van der Waals surface area contributed by atoms with Gasteiger partial charge in [-0.2, -0.15) is 5.10 Å². The summed E-state index contributed by atoms with van der Waals surface area (Å²) >= 11 is 0. The Bertz CT molecular complexity index is 541. The molecule has 1 fully saturated rings. The highest BCUT2D eigenvalue weighted by Crippen LogP contribution is 2.33. The van der Waals surface area contributed by atoms with Crippen LogP contribution in [0.5, 0.6) is 0 Å². The lowest BCUT2D eigenvalue weighted by Gasteiger charge is -2.25. The van der Waals surface area contributed by atoms with Gasteiger partial charge in [0.05, 0.1) is 17.5 Å². The summed E-state index contributed by atoms with van der Waals surface area (Å²) in [5.74, 6) is 0.365. The van der Waals surface area contributed by atoms with Gasteiger partial charge in [0.2, 0.25) is 0 Å². The molecule has 0 amide bonds. The maximum absolute atomic E-state index is 10.8. The Balaban J connectivity index is 1.81. The van der Waals surface area contributed by atoms with E-state index >= 15 is 0 Å². The van der Waals surface area contributed by atoms with Crippen molar-refractivity contribution < 1.29 is 5.11 Å². The van der Waals surface area contributed by atoms with Crippen LogP contribution in [0.1, 0.15) is 56.7 Å². The molecule has 0 aliphatic heterocycles. The largest absolute Gasteiger partial charge is 0.387 e. The van der Waals surface area contributed by atoms with Gasteiger partial charge < -0.3 is 5.11 Å². The van der Waals surface area contributed by atoms with Gasteiger partial charge in [0.15, 0.2) is 0 Å². The Labute approximate surface area is 126 Å². The zero-order valence-corrected chi connectivity index (χ0v) is 12.5. The lowest BCUT2D eigenvalue weighted by Crippen LogP contribution is -2.17. The highest BCUT2D eigenvalue weighted by Gasteiger charge is 2.24. The van der Waals surface area contributed by atoms with Gasteiger partial charge in [-0.3, -0.25) is 0 Å². The fourth-order valence-corrected chi connectivity index (χ4v) is 3.37. The van der Waals surface area contributed by atoms with E-state index in [4.69, 9.17) is 0 Å². The third kappa shape index (κ3) is 3.35. The summed E-state index contributed by atoms with van der Waals surface area (Å²) in [6.45, 7) is 0. The average molecular weight is 284 g/mol. The van der Waals surface area contributed by atoms with Gasteiger partial charge in [-0.25, -0.2) is 4.68 Å². The number of hydrogen-bond donors (Lipinski definition) is 1. The molecular formula is C18H24N2O. The first-order valence-electron chi connectivity index (χ1n) is 8.13. The number of para-hydroxylation sites is 1. The summed E-state index contributed by atoms with van der Waals surface area (Å²) < 4.78 is 1.88. The van der Waals surface area contributed by atoms with Crippen molar-refractivity contribution in [2.24, 2.45) is 5.92 Å². The Morgan fingerprint density at radius 2 is 1.62 bits per heavy atom. The third-order valence-electron chi connectivity index (χ3n) is 4.57. The summed E-state index contributed by atoms with van der Waals surface area (Å²) in [5.41, 5.74) is 1.94. The van der Waals surface area contributed by atoms with Crippen LogP contribution in [-0.2, 0) is 0 Å². The number of rotatable bonds is 3. The molecule has 112 valence electrons. The summed E-state index contributed by atoms with van der Waals surface area (Å²) in [6, 6.07) is 12.0. The molecule has 1 aliphatic carbocycles. The minimum atomic E-state index is -0.411. The van der Waals surface area contributed by atoms with Gasteiger partial charge in [-0.05, 0) is 37.0 Å². The third-order valence-corrected chi connectivity index (χ3v) is 4.57. The zero-order chi connectivity index (χ0) is 14.5. The molecule has 1 unspecified atom stereocenters. The topological polar surface area (TPSA) is 38.1 Å². The van der Waals surface area contributed by atoms with Crippen LogP contribution in [0.15, 0.2) is 42.6 Å². The number of hydrogen-bond acceptors (Lipinski definition) is 2. The van der Waals surface area contributed by atoms with E-state index in [1.165, 1.54) is 32.1 Å². The number of benzene rings is 1. The summed E-state index contributed by atoms with van der Waals surface area (Å²) in [6.07, 6.45) is 10.1. The monoisotopic (exact) mass is 284 g/mol. The van der Waals surface area contributed by atoms with Gasteiger partial charge in [0, 0.05) is 6.20 Å². The predicted molar refractivity (Wildman–Crippen MR) is 84.3 cm³/mol. The molecule has 3 nitrogen and oxygen atoms in total. The molecule has 0 saturated heterocycles. The molecule has 0 radical (unpaired) electrons. The molecule has 1 atom stereocenters. The Morgan fingerprint density at radius 3 is 2.33 bits per heavy atom. The molecule has 1 aromatic carbocycles. The van der Waals surface area contributed by atoms with Gasteiger partial charge >= 0.3 is 0 Å². The van der Waals surface area contributed by atoms with Crippen LogP contribution < -0.4 is 0 Å². The average Bonchev–Trinajstić information content (AvgIpc) is 2.96. The molecule has 2 aromatic rings. The second-order valence-electron chi connectivity index (χ2n) is 6.05. The summed E-state index contributed by atoms with van der Waals surface area (Å²) in [4.78, 5) is 0. The highest BCUT2D eigenvalue weighted by atomic mass is 16.3. The minimum Gasteiger partial charge on any atom is -0.387 e. The van der Waals surface area contributed by atoms with Crippen molar-refractivity contribution in [3.05, 3.63) is 48.3 Å². The normalized spacial score (nSPS) is 18.9. The lowest BCUT2D eigenvalue weighted by atomic mass is 9.86. The van der Waals surface area contributed by atoms with Crippen LogP contribution in [0.25, 0.3) is 5.69 Å². The van der Waals surface area contributed by atoms with Crippen molar-refractivity contribution in [2.45, 2.75) is 51.0 Å². The van der Waals surface area contributed by atoms with E-state index in [1.807, 2.05) is 41.1 Å². The van der Waals surface area contributed by atoms with Gasteiger partial charge in [-0.1, -0.05) is 50.3 Å². The lowest BCUT2D eigenvalue weighted by molar-refractivity contribution is 0.0852. The molecule has 1 N–H and O–H groups in total. The van der Waals surface area contributed by atoms with E-state index < -0.39 is 6.10 Å². The summed E-state index contributed by atoms with van der Waals surface area (Å²) in [5, 5.41) is 15.2. The maximum atomic E-state index is 10.8. The molecular weight excluding hydrogens is 260 g/mol. The molecule has 1 aromatic heterocycles. The maximum Gasteiger partial charge on any atom is 0.0989 e. The van der Waals surface area contributed by atoms with Crippen LogP contribution >= 0.6 is 0 Å². The summed E-state index contributed by atoms with van der Waals surface area (Å²) in [7, 11) is 0. The fraction of sp³-hybridized carbons (Fsp3) is 0.500. The number of aromatic nitrogens is 2. The standard InChI is InChI=1S/C18H24N2O/c21-18(15-9-5-2-1-3-6-10-15)17-13-14-19-20(17)16-11-7-4-8-12-16/h4,7-8,11-15,18,21H,1-3,5-6,9-10H2. The van der Waals surface area contributed by atoms with Crippen LogP contribution in [0.2, 0.25) is 0 Å². The molecule has 1 saturated carbocycles. The smallest absolute Gasteiger partial charge is 0.0989 e. The Hall–Kier alpha value is -1.61. The van der Waals surface area contributed by atoms with Crippen molar-refractivity contribution in [3.8, 4) is 5.69 Å². The fourth-order valence-electron chi connectivity index (χ4n) is 3.37. The molecule has 3 rings (SSSR count). The SMILES string of the molecule is OC(c1ccnn1-c1ccccc1)C1CCCCCCC1. The number of aliphatic hydroxyl groups excluding tert-OH is 1. The van der Waals surface area contributed by atoms with Crippen LogP contribution in [0.4, 0.5) is 0 Å². The zero-order valence-electron chi connectivity index (χ0n) is 12.5. The van der Waals surface area contributed by atoms with Crippen molar-refractivity contribution in [1.82, 2.24) is 9.78 Å². The van der Waals surface area contributed by atoms with Crippen molar-refractivity contribution in [2.75, 3.05) is 0 Å². The molecule has 1 heterocycles. The molecule has 0 spiro atoms. The van der Waals surface area contributed by atoms with Gasteiger partial charge in [-0.15, -0.1) is 0 Å². The van der Waals surface area contributed by atoms with Crippen LogP contribution in [0, 0.1) is 5.92 Å². The van der Waals surface area contributed by atoms with Crippen molar-refractivity contribution >= 4 is 0 Å². The van der Waals surface area contributed by atoms with E-state index in [-0.39, 0.29) is 0 Å². The molecule has 21 heavy (non-hydrogen) atoms. The van der Waals surface area contributed by atoms with E-state index in [9.17, 15) is 5.11 Å². The Kier molecular flexibility index (Phi) is 4.71. The number of aliphatic hydroxyl groups is 1. The van der Waals surface area contributed by atoms with Crippen molar-refractivity contribution in [1.29, 1.82) is 0 Å². The van der Waals surface area contributed by atoms with Gasteiger partial charge in [0.1, 0.15) is 0 Å². The van der Waals surface area contributed by atoms with Crippen LogP contribution in [0.3, 0.4) is 0 Å². The van der Waals surface area contributed by atoms with Crippen molar-refractivity contribution in [3.63, 3.8) is 0 Å². The second kappa shape index (κ2) is 6.90. The van der Waals surface area contributed by atoms with E-state index in [2.05, 4.69) is 5.10 Å². The minimum absolute atomic E-state index is 0.365. The first kappa shape index (κ1) is 14.3. The number of nitrogens with zero attached hydrogens (tertiary/aromatic N) is 2. The van der Waals surface area contributed by atoms with E-state index in [0.29, 0.717) is 5.92 Å². The molecule has 0 bridgehead atoms. The molecule has 1 aliphatic rings. The second-order valence-corrected chi connectivity index (χ2v) is 6.05. The van der Waals surface area contributed by atoms with E-state index in [1.54, 1.807) is 6.20 Å². The quantitative estimate of drug-likeness (QED) is 0.914.